The van der Waals surface area contributed by atoms with Gasteiger partial charge >= 0.3 is 0 Å². The molecule has 0 radical (unpaired) electrons. The van der Waals surface area contributed by atoms with Gasteiger partial charge in [-0.25, -0.2) is 10.4 Å². The van der Waals surface area contributed by atoms with Crippen molar-refractivity contribution in [2.75, 3.05) is 0 Å². The number of nitrogens with one attached hydrogen (secondary N) is 2. The summed E-state index contributed by atoms with van der Waals surface area (Å²) in [7, 11) is 0. The third kappa shape index (κ3) is 5.26. The molecule has 0 aliphatic rings. The van der Waals surface area contributed by atoms with Crippen LogP contribution >= 0.6 is 22.9 Å². The van der Waals surface area contributed by atoms with E-state index in [-0.39, 0.29) is 10.9 Å². The Morgan fingerprint density at radius 2 is 1.78 bits per heavy atom. The second kappa shape index (κ2) is 10.00. The molecule has 0 aliphatic carbocycles. The van der Waals surface area contributed by atoms with Crippen LogP contribution in [0.4, 0.5) is 0 Å². The number of hydrogen-bond donors (Lipinski definition) is 2. The van der Waals surface area contributed by atoms with Crippen LogP contribution in [0.25, 0.3) is 17.0 Å². The molecule has 2 aromatic carbocycles. The number of amides is 2. The molecular weight excluding hydrogens is 444 g/mol. The molecule has 0 aliphatic heterocycles. The zero-order valence-electron chi connectivity index (χ0n) is 16.7. The number of benzene rings is 2. The SMILES string of the molecule is O=C(NN=Cc1cc2ccccc2nc1Cl)/C(=C/c1cccs1)NC(=O)c1ccccc1. The molecule has 4 aromatic rings. The number of carbonyl (C=O) groups is 2. The van der Waals surface area contributed by atoms with Crippen LogP contribution in [0.2, 0.25) is 5.15 Å². The van der Waals surface area contributed by atoms with Crippen molar-refractivity contribution < 1.29 is 9.59 Å². The second-order valence-corrected chi connectivity index (χ2v) is 7.99. The normalized spacial score (nSPS) is 11.6. The minimum atomic E-state index is -0.566. The van der Waals surface area contributed by atoms with Crippen molar-refractivity contribution in [3.63, 3.8) is 0 Å². The number of thiophene rings is 1. The molecule has 32 heavy (non-hydrogen) atoms. The summed E-state index contributed by atoms with van der Waals surface area (Å²) in [5.41, 5.74) is 4.28. The maximum atomic E-state index is 12.8. The van der Waals surface area contributed by atoms with E-state index in [4.69, 9.17) is 11.6 Å². The van der Waals surface area contributed by atoms with Crippen LogP contribution in [0, 0.1) is 0 Å². The van der Waals surface area contributed by atoms with Crippen molar-refractivity contribution in [3.05, 3.63) is 105 Å². The van der Waals surface area contributed by atoms with Crippen molar-refractivity contribution in [2.45, 2.75) is 0 Å². The maximum absolute atomic E-state index is 12.8. The number of hydrazone groups is 1. The number of para-hydroxylation sites is 1. The van der Waals surface area contributed by atoms with Crippen LogP contribution < -0.4 is 10.7 Å². The van der Waals surface area contributed by atoms with E-state index in [1.165, 1.54) is 17.6 Å². The third-order valence-corrected chi connectivity index (χ3v) is 5.55. The van der Waals surface area contributed by atoms with Crippen molar-refractivity contribution in [1.29, 1.82) is 0 Å². The summed E-state index contributed by atoms with van der Waals surface area (Å²) < 4.78 is 0. The average Bonchev–Trinajstić information content (AvgIpc) is 3.32. The molecule has 0 saturated carbocycles. The number of carbonyl (C=O) groups excluding carboxylic acids is 2. The van der Waals surface area contributed by atoms with Gasteiger partial charge < -0.3 is 5.32 Å². The summed E-state index contributed by atoms with van der Waals surface area (Å²) in [5.74, 6) is -0.960. The van der Waals surface area contributed by atoms with Crippen LogP contribution in [0.5, 0.6) is 0 Å². The van der Waals surface area contributed by atoms with Gasteiger partial charge in [-0.05, 0) is 41.8 Å². The fourth-order valence-electron chi connectivity index (χ4n) is 2.88. The minimum absolute atomic E-state index is 0.0705. The fraction of sp³-hybridized carbons (Fsp3) is 0. The Labute approximate surface area is 193 Å². The number of hydrogen-bond acceptors (Lipinski definition) is 5. The number of halogens is 1. The van der Waals surface area contributed by atoms with Gasteiger partial charge in [0, 0.05) is 21.4 Å². The quantitative estimate of drug-likeness (QED) is 0.186. The molecule has 0 atom stereocenters. The van der Waals surface area contributed by atoms with Crippen LogP contribution in [0.3, 0.4) is 0 Å². The first kappa shape index (κ1) is 21.4. The molecule has 4 rings (SSSR count). The van der Waals surface area contributed by atoms with Crippen molar-refractivity contribution in [1.82, 2.24) is 15.7 Å². The van der Waals surface area contributed by atoms with Crippen LogP contribution in [0.1, 0.15) is 20.8 Å². The first-order valence-electron chi connectivity index (χ1n) is 9.60. The highest BCUT2D eigenvalue weighted by Crippen LogP contribution is 2.19. The Hall–Kier alpha value is -3.81. The van der Waals surface area contributed by atoms with Gasteiger partial charge in [-0.3, -0.25) is 9.59 Å². The molecule has 2 aromatic heterocycles. The smallest absolute Gasteiger partial charge is 0.287 e. The van der Waals surface area contributed by atoms with E-state index in [0.29, 0.717) is 11.1 Å². The lowest BCUT2D eigenvalue weighted by Crippen LogP contribution is -2.32. The van der Waals surface area contributed by atoms with Gasteiger partial charge in [0.05, 0.1) is 11.7 Å². The van der Waals surface area contributed by atoms with E-state index in [1.807, 2.05) is 53.9 Å². The standard InChI is InChI=1S/C24H17ClN4O2S/c25-22-18(13-17-9-4-5-11-20(17)27-22)15-26-29-24(31)21(14-19-10-6-12-32-19)28-23(30)16-7-2-1-3-8-16/h1-15H,(H,28,30)(H,29,31)/b21-14-,26-15?. The van der Waals surface area contributed by atoms with Gasteiger partial charge in [0.15, 0.2) is 0 Å². The first-order chi connectivity index (χ1) is 15.6. The molecule has 8 heteroatoms. The summed E-state index contributed by atoms with van der Waals surface area (Å²) in [5, 5.41) is 9.72. The summed E-state index contributed by atoms with van der Waals surface area (Å²) in [6.07, 6.45) is 3.02. The van der Waals surface area contributed by atoms with Crippen LogP contribution in [0.15, 0.2) is 89.0 Å². The third-order valence-electron chi connectivity index (χ3n) is 4.43. The Balaban J connectivity index is 1.52. The Kier molecular flexibility index (Phi) is 6.69. The molecule has 0 fully saturated rings. The van der Waals surface area contributed by atoms with Crippen molar-refractivity contribution >= 4 is 57.9 Å². The Morgan fingerprint density at radius 3 is 2.56 bits per heavy atom. The predicted octanol–water partition coefficient (Wildman–Crippen LogP) is 4.87. The number of pyridine rings is 1. The number of nitrogens with zero attached hydrogens (tertiary/aromatic N) is 2. The highest BCUT2D eigenvalue weighted by molar-refractivity contribution is 7.10. The Morgan fingerprint density at radius 1 is 1.00 bits per heavy atom. The van der Waals surface area contributed by atoms with E-state index >= 15 is 0 Å². The lowest BCUT2D eigenvalue weighted by atomic mass is 10.2. The molecule has 6 nitrogen and oxygen atoms in total. The first-order valence-corrected chi connectivity index (χ1v) is 10.9. The summed E-state index contributed by atoms with van der Waals surface area (Å²) in [4.78, 5) is 30.5. The number of fused-ring (bicyclic) bond motifs is 1. The van der Waals surface area contributed by atoms with E-state index in [2.05, 4.69) is 20.8 Å². The highest BCUT2D eigenvalue weighted by Gasteiger charge is 2.14. The zero-order chi connectivity index (χ0) is 22.3. The van der Waals surface area contributed by atoms with E-state index in [0.717, 1.165) is 15.8 Å². The molecule has 158 valence electrons. The van der Waals surface area contributed by atoms with Crippen LogP contribution in [-0.4, -0.2) is 23.0 Å². The maximum Gasteiger partial charge on any atom is 0.287 e. The molecule has 2 N–H and O–H groups in total. The van der Waals surface area contributed by atoms with Gasteiger partial charge in [-0.1, -0.05) is 54.1 Å². The topological polar surface area (TPSA) is 83.4 Å². The summed E-state index contributed by atoms with van der Waals surface area (Å²) >= 11 is 7.67. The van der Waals surface area contributed by atoms with Gasteiger partial charge in [-0.2, -0.15) is 5.10 Å². The van der Waals surface area contributed by atoms with Gasteiger partial charge in [0.25, 0.3) is 11.8 Å². The molecule has 2 heterocycles. The second-order valence-electron chi connectivity index (χ2n) is 6.65. The lowest BCUT2D eigenvalue weighted by molar-refractivity contribution is -0.117. The minimum Gasteiger partial charge on any atom is -0.317 e. The molecule has 2 amide bonds. The molecule has 0 saturated heterocycles. The largest absolute Gasteiger partial charge is 0.317 e. The average molecular weight is 461 g/mol. The van der Waals surface area contributed by atoms with Gasteiger partial charge in [0.2, 0.25) is 0 Å². The molecule has 0 spiro atoms. The summed E-state index contributed by atoms with van der Waals surface area (Å²) in [6.45, 7) is 0. The molecular formula is C24H17ClN4O2S. The highest BCUT2D eigenvalue weighted by atomic mass is 35.5. The van der Waals surface area contributed by atoms with Gasteiger partial charge in [0.1, 0.15) is 10.9 Å². The monoisotopic (exact) mass is 460 g/mol. The number of rotatable bonds is 6. The van der Waals surface area contributed by atoms with Crippen molar-refractivity contribution in [2.24, 2.45) is 5.10 Å². The molecule has 0 bridgehead atoms. The zero-order valence-corrected chi connectivity index (χ0v) is 18.2. The van der Waals surface area contributed by atoms with E-state index in [1.54, 1.807) is 30.3 Å². The van der Waals surface area contributed by atoms with Crippen LogP contribution in [-0.2, 0) is 4.79 Å². The Bertz CT molecular complexity index is 1320. The van der Waals surface area contributed by atoms with E-state index < -0.39 is 11.8 Å². The van der Waals surface area contributed by atoms with Crippen molar-refractivity contribution in [3.8, 4) is 0 Å². The van der Waals surface area contributed by atoms with E-state index in [9.17, 15) is 9.59 Å². The lowest BCUT2D eigenvalue weighted by Gasteiger charge is -2.09. The summed E-state index contributed by atoms with van der Waals surface area (Å²) in [6, 6.07) is 21.7. The predicted molar refractivity (Wildman–Crippen MR) is 129 cm³/mol. The number of aromatic nitrogens is 1. The fourth-order valence-corrected chi connectivity index (χ4v) is 3.73. The molecule has 0 unspecified atom stereocenters. The van der Waals surface area contributed by atoms with Gasteiger partial charge in [-0.15, -0.1) is 11.3 Å².